The molecule has 1 amide bonds. The fourth-order valence-electron chi connectivity index (χ4n) is 2.18. The van der Waals surface area contributed by atoms with Crippen LogP contribution in [0.5, 0.6) is 0 Å². The summed E-state index contributed by atoms with van der Waals surface area (Å²) in [6.07, 6.45) is 1.75. The van der Waals surface area contributed by atoms with Gasteiger partial charge in [0.15, 0.2) is 6.61 Å². The fraction of sp³-hybridized carbons (Fsp3) is 0.294. The first kappa shape index (κ1) is 15.8. The molecule has 0 fully saturated rings. The number of aromatic nitrogens is 1. The second-order valence-electron chi connectivity index (χ2n) is 5.37. The Morgan fingerprint density at radius 2 is 1.91 bits per heavy atom. The van der Waals surface area contributed by atoms with Gasteiger partial charge in [-0.2, -0.15) is 0 Å². The van der Waals surface area contributed by atoms with Crippen molar-refractivity contribution >= 4 is 17.6 Å². The summed E-state index contributed by atoms with van der Waals surface area (Å²) in [6.45, 7) is 3.80. The number of esters is 1. The Balaban J connectivity index is 1.94. The summed E-state index contributed by atoms with van der Waals surface area (Å²) in [5, 5.41) is 2.78. The zero-order valence-corrected chi connectivity index (χ0v) is 13.0. The van der Waals surface area contributed by atoms with Crippen molar-refractivity contribution in [3.63, 3.8) is 0 Å². The molecule has 0 spiro atoms. The number of carbonyl (C=O) groups is 2. The summed E-state index contributed by atoms with van der Waals surface area (Å²) >= 11 is 0. The van der Waals surface area contributed by atoms with E-state index in [1.807, 2.05) is 24.3 Å². The molecule has 5 nitrogen and oxygen atoms in total. The van der Waals surface area contributed by atoms with E-state index < -0.39 is 5.97 Å². The zero-order chi connectivity index (χ0) is 16.1. The van der Waals surface area contributed by atoms with Gasteiger partial charge in [-0.25, -0.2) is 4.79 Å². The van der Waals surface area contributed by atoms with Crippen molar-refractivity contribution in [2.45, 2.75) is 19.8 Å². The fourth-order valence-corrected chi connectivity index (χ4v) is 2.18. The maximum absolute atomic E-state index is 12.0. The van der Waals surface area contributed by atoms with Crippen LogP contribution >= 0.6 is 0 Å². The van der Waals surface area contributed by atoms with Gasteiger partial charge in [-0.05, 0) is 29.7 Å². The molecule has 22 heavy (non-hydrogen) atoms. The topological polar surface area (TPSA) is 60.3 Å². The third kappa shape index (κ3) is 3.75. The van der Waals surface area contributed by atoms with Crippen LogP contribution < -0.4 is 5.32 Å². The van der Waals surface area contributed by atoms with Crippen LogP contribution in [0.2, 0.25) is 0 Å². The number of nitrogens with zero attached hydrogens (tertiary/aromatic N) is 1. The number of hydrogen-bond donors (Lipinski definition) is 1. The molecule has 2 aromatic rings. The first-order valence-corrected chi connectivity index (χ1v) is 7.16. The summed E-state index contributed by atoms with van der Waals surface area (Å²) < 4.78 is 6.68. The number of benzene rings is 1. The molecule has 5 heteroatoms. The van der Waals surface area contributed by atoms with E-state index in [9.17, 15) is 9.59 Å². The van der Waals surface area contributed by atoms with Gasteiger partial charge in [-0.1, -0.05) is 32.0 Å². The van der Waals surface area contributed by atoms with Crippen LogP contribution in [-0.2, 0) is 16.6 Å². The van der Waals surface area contributed by atoms with Crippen molar-refractivity contribution in [2.75, 3.05) is 11.9 Å². The summed E-state index contributed by atoms with van der Waals surface area (Å²) in [6, 6.07) is 11.0. The smallest absolute Gasteiger partial charge is 0.355 e. The number of ether oxygens (including phenoxy) is 1. The Bertz CT molecular complexity index is 674. The summed E-state index contributed by atoms with van der Waals surface area (Å²) in [4.78, 5) is 23.8. The van der Waals surface area contributed by atoms with E-state index in [0.29, 0.717) is 11.6 Å². The number of para-hydroxylation sites is 1. The molecule has 0 atom stereocenters. The summed E-state index contributed by atoms with van der Waals surface area (Å²) in [5.41, 5.74) is 2.21. The standard InChI is InChI=1S/C17H20N2O3/c1-12(2)13-7-4-5-8-14(13)18-16(20)11-22-17(21)15-9-6-10-19(15)3/h4-10,12H,11H2,1-3H3,(H,18,20). The predicted octanol–water partition coefficient (Wildman–Crippen LogP) is 2.94. The van der Waals surface area contributed by atoms with E-state index in [1.54, 1.807) is 29.9 Å². The Morgan fingerprint density at radius 3 is 2.55 bits per heavy atom. The highest BCUT2D eigenvalue weighted by Crippen LogP contribution is 2.23. The van der Waals surface area contributed by atoms with Gasteiger partial charge in [-0.3, -0.25) is 4.79 Å². The number of carbonyl (C=O) groups excluding carboxylic acids is 2. The van der Waals surface area contributed by atoms with Crippen molar-refractivity contribution in [2.24, 2.45) is 7.05 Å². The Hall–Kier alpha value is -2.56. The van der Waals surface area contributed by atoms with Gasteiger partial charge in [0.1, 0.15) is 5.69 Å². The molecule has 0 aliphatic rings. The van der Waals surface area contributed by atoms with Crippen LogP contribution in [0.3, 0.4) is 0 Å². The van der Waals surface area contributed by atoms with E-state index in [-0.39, 0.29) is 12.5 Å². The van der Waals surface area contributed by atoms with Gasteiger partial charge < -0.3 is 14.6 Å². The largest absolute Gasteiger partial charge is 0.451 e. The van der Waals surface area contributed by atoms with Gasteiger partial charge in [0, 0.05) is 18.9 Å². The number of nitrogens with one attached hydrogen (secondary N) is 1. The molecule has 0 bridgehead atoms. The average Bonchev–Trinajstić information content (AvgIpc) is 2.91. The minimum atomic E-state index is -0.514. The van der Waals surface area contributed by atoms with Gasteiger partial charge in [0.05, 0.1) is 0 Å². The van der Waals surface area contributed by atoms with Crippen LogP contribution in [0, 0.1) is 0 Å². The van der Waals surface area contributed by atoms with E-state index in [4.69, 9.17) is 4.74 Å². The van der Waals surface area contributed by atoms with E-state index in [0.717, 1.165) is 11.3 Å². The van der Waals surface area contributed by atoms with Gasteiger partial charge in [0.25, 0.3) is 5.91 Å². The van der Waals surface area contributed by atoms with Crippen LogP contribution in [0.15, 0.2) is 42.6 Å². The lowest BCUT2D eigenvalue weighted by Gasteiger charge is -2.13. The third-order valence-corrected chi connectivity index (χ3v) is 3.34. The summed E-state index contributed by atoms with van der Waals surface area (Å²) in [5.74, 6) is -0.571. The van der Waals surface area contributed by atoms with E-state index in [2.05, 4.69) is 19.2 Å². The molecule has 1 N–H and O–H groups in total. The zero-order valence-electron chi connectivity index (χ0n) is 13.0. The average molecular weight is 300 g/mol. The molecule has 116 valence electrons. The lowest BCUT2D eigenvalue weighted by atomic mass is 10.0. The van der Waals surface area contributed by atoms with E-state index in [1.165, 1.54) is 0 Å². The van der Waals surface area contributed by atoms with Gasteiger partial charge in [0.2, 0.25) is 0 Å². The number of aryl methyl sites for hydroxylation is 1. The highest BCUT2D eigenvalue weighted by Gasteiger charge is 2.14. The van der Waals surface area contributed by atoms with Crippen LogP contribution in [-0.4, -0.2) is 23.1 Å². The van der Waals surface area contributed by atoms with Crippen LogP contribution in [0.25, 0.3) is 0 Å². The minimum absolute atomic E-state index is 0.294. The van der Waals surface area contributed by atoms with Crippen molar-refractivity contribution in [1.82, 2.24) is 4.57 Å². The minimum Gasteiger partial charge on any atom is -0.451 e. The predicted molar refractivity (Wildman–Crippen MR) is 84.9 cm³/mol. The Morgan fingerprint density at radius 1 is 1.18 bits per heavy atom. The second-order valence-corrected chi connectivity index (χ2v) is 5.37. The highest BCUT2D eigenvalue weighted by atomic mass is 16.5. The van der Waals surface area contributed by atoms with Gasteiger partial charge >= 0.3 is 5.97 Å². The summed E-state index contributed by atoms with van der Waals surface area (Å²) in [7, 11) is 1.75. The molecular formula is C17H20N2O3. The second kappa shape index (κ2) is 6.93. The SMILES string of the molecule is CC(C)c1ccccc1NC(=O)COC(=O)c1cccn1C. The lowest BCUT2D eigenvalue weighted by Crippen LogP contribution is -2.22. The number of rotatable bonds is 5. The first-order chi connectivity index (χ1) is 10.5. The van der Waals surface area contributed by atoms with E-state index >= 15 is 0 Å². The molecule has 0 saturated carbocycles. The molecule has 1 heterocycles. The Labute approximate surface area is 129 Å². The van der Waals surface area contributed by atoms with Crippen molar-refractivity contribution < 1.29 is 14.3 Å². The molecule has 1 aromatic carbocycles. The normalized spacial score (nSPS) is 10.5. The maximum Gasteiger partial charge on any atom is 0.355 e. The first-order valence-electron chi connectivity index (χ1n) is 7.16. The number of anilines is 1. The number of amides is 1. The molecule has 0 saturated heterocycles. The molecule has 2 rings (SSSR count). The molecular weight excluding hydrogens is 280 g/mol. The third-order valence-electron chi connectivity index (χ3n) is 3.34. The van der Waals surface area contributed by atoms with Crippen molar-refractivity contribution in [3.05, 3.63) is 53.9 Å². The number of hydrogen-bond acceptors (Lipinski definition) is 3. The quantitative estimate of drug-likeness (QED) is 0.864. The maximum atomic E-state index is 12.0. The molecule has 0 aliphatic carbocycles. The molecule has 1 aromatic heterocycles. The molecule has 0 aliphatic heterocycles. The Kier molecular flexibility index (Phi) is 4.99. The van der Waals surface area contributed by atoms with Crippen molar-refractivity contribution in [1.29, 1.82) is 0 Å². The molecule has 0 unspecified atom stereocenters. The van der Waals surface area contributed by atoms with Gasteiger partial charge in [-0.15, -0.1) is 0 Å². The highest BCUT2D eigenvalue weighted by molar-refractivity contribution is 5.95. The monoisotopic (exact) mass is 300 g/mol. The van der Waals surface area contributed by atoms with Crippen LogP contribution in [0.1, 0.15) is 35.8 Å². The molecule has 0 radical (unpaired) electrons. The van der Waals surface area contributed by atoms with Crippen molar-refractivity contribution in [3.8, 4) is 0 Å². The van der Waals surface area contributed by atoms with Crippen LogP contribution in [0.4, 0.5) is 5.69 Å². The lowest BCUT2D eigenvalue weighted by molar-refractivity contribution is -0.119.